The molecule has 1 aliphatic rings. The highest BCUT2D eigenvalue weighted by Crippen LogP contribution is 2.33. The average molecular weight is 561 g/mol. The number of barbiturate groups is 1. The number of rotatable bonds is 7. The number of ether oxygens (including phenoxy) is 2. The summed E-state index contributed by atoms with van der Waals surface area (Å²) in [5.41, 5.74) is 1.31. The maximum Gasteiger partial charge on any atom is 0.335 e. The first-order valence-electron chi connectivity index (χ1n) is 12.1. The average Bonchev–Trinajstić information content (AvgIpc) is 2.92. The number of carbonyl (C=O) groups is 3. The molecule has 0 saturated carbocycles. The van der Waals surface area contributed by atoms with Gasteiger partial charge in [0.25, 0.3) is 11.8 Å². The summed E-state index contributed by atoms with van der Waals surface area (Å²) >= 11 is 12.3. The monoisotopic (exact) mass is 560 g/mol. The van der Waals surface area contributed by atoms with Crippen LogP contribution in [0.2, 0.25) is 10.0 Å². The third kappa shape index (κ3) is 5.46. The number of imide groups is 2. The van der Waals surface area contributed by atoms with E-state index in [2.05, 4.69) is 5.32 Å². The van der Waals surface area contributed by atoms with Gasteiger partial charge in [0.05, 0.1) is 12.3 Å². The first-order chi connectivity index (χ1) is 18.9. The van der Waals surface area contributed by atoms with Crippen LogP contribution >= 0.6 is 23.2 Å². The van der Waals surface area contributed by atoms with E-state index in [9.17, 15) is 14.4 Å². The Morgan fingerprint density at radius 2 is 1.67 bits per heavy atom. The van der Waals surface area contributed by atoms with Gasteiger partial charge in [0.1, 0.15) is 23.7 Å². The number of amides is 4. The summed E-state index contributed by atoms with van der Waals surface area (Å²) in [6.45, 7) is 2.46. The highest BCUT2D eigenvalue weighted by molar-refractivity contribution is 6.39. The second-order valence-electron chi connectivity index (χ2n) is 8.61. The maximum atomic E-state index is 13.5. The lowest BCUT2D eigenvalue weighted by molar-refractivity contribution is -0.122. The Morgan fingerprint density at radius 3 is 2.41 bits per heavy atom. The second kappa shape index (κ2) is 11.2. The smallest absolute Gasteiger partial charge is 0.335 e. The molecule has 5 rings (SSSR count). The molecule has 1 N–H and O–H groups in total. The minimum atomic E-state index is -0.835. The van der Waals surface area contributed by atoms with Crippen molar-refractivity contribution in [3.63, 3.8) is 0 Å². The fraction of sp³-hybridized carbons (Fsp3) is 0.100. The summed E-state index contributed by atoms with van der Waals surface area (Å²) in [4.78, 5) is 40.0. The molecule has 1 fully saturated rings. The number of urea groups is 1. The van der Waals surface area contributed by atoms with E-state index < -0.39 is 17.8 Å². The highest BCUT2D eigenvalue weighted by atomic mass is 35.5. The molecule has 1 heterocycles. The van der Waals surface area contributed by atoms with Crippen LogP contribution in [0.15, 0.2) is 84.4 Å². The van der Waals surface area contributed by atoms with Crippen LogP contribution in [0.3, 0.4) is 0 Å². The number of nitrogens with one attached hydrogen (secondary N) is 1. The minimum absolute atomic E-state index is 0.126. The molecule has 39 heavy (non-hydrogen) atoms. The van der Waals surface area contributed by atoms with Crippen LogP contribution < -0.4 is 19.7 Å². The van der Waals surface area contributed by atoms with Crippen LogP contribution in [0.25, 0.3) is 16.8 Å². The van der Waals surface area contributed by atoms with Crippen LogP contribution in [0.1, 0.15) is 18.1 Å². The largest absolute Gasteiger partial charge is 0.494 e. The van der Waals surface area contributed by atoms with Gasteiger partial charge in [-0.15, -0.1) is 0 Å². The van der Waals surface area contributed by atoms with Crippen LogP contribution in [0, 0.1) is 0 Å². The number of carbonyl (C=O) groups excluding carboxylic acids is 3. The molecule has 0 aromatic heterocycles. The summed E-state index contributed by atoms with van der Waals surface area (Å²) < 4.78 is 11.6. The topological polar surface area (TPSA) is 84.9 Å². The van der Waals surface area contributed by atoms with Gasteiger partial charge in [0, 0.05) is 21.2 Å². The molecule has 0 aliphatic carbocycles. The Hall–Kier alpha value is -4.33. The number of hydrogen-bond donors (Lipinski definition) is 1. The van der Waals surface area contributed by atoms with Gasteiger partial charge in [-0.1, -0.05) is 59.6 Å². The minimum Gasteiger partial charge on any atom is -0.494 e. The fourth-order valence-corrected chi connectivity index (χ4v) is 4.70. The molecular weight excluding hydrogens is 539 g/mol. The molecule has 0 bridgehead atoms. The van der Waals surface area contributed by atoms with E-state index in [0.29, 0.717) is 45.0 Å². The third-order valence-corrected chi connectivity index (χ3v) is 6.71. The Balaban J connectivity index is 1.54. The summed E-state index contributed by atoms with van der Waals surface area (Å²) in [5, 5.41) is 4.86. The molecule has 0 unspecified atom stereocenters. The summed E-state index contributed by atoms with van der Waals surface area (Å²) in [6, 6.07) is 21.9. The summed E-state index contributed by atoms with van der Waals surface area (Å²) in [5.74, 6) is -0.534. The lowest BCUT2D eigenvalue weighted by Crippen LogP contribution is -2.54. The van der Waals surface area contributed by atoms with Gasteiger partial charge in [-0.2, -0.15) is 0 Å². The Bertz CT molecular complexity index is 1630. The Labute approximate surface area is 234 Å². The molecule has 4 aromatic carbocycles. The SMILES string of the molecule is CCOc1ccc(N2C(=O)NC(=O)/C(=C\c3c(OCc4ccc(Cl)cc4Cl)ccc4ccccc34)C2=O)cc1. The standard InChI is InChI=1S/C30H22Cl2N2O5/c1-2-38-22-12-10-21(11-13-22)34-29(36)25(28(35)33-30(34)37)16-24-23-6-4-3-5-18(23)8-14-27(24)39-17-19-7-9-20(31)15-26(19)32/h3-16H,2,17H2,1H3,(H,33,35,37)/b25-16+. The van der Waals surface area contributed by atoms with E-state index in [4.69, 9.17) is 32.7 Å². The number of hydrogen-bond acceptors (Lipinski definition) is 5. The zero-order valence-electron chi connectivity index (χ0n) is 20.7. The predicted octanol–water partition coefficient (Wildman–Crippen LogP) is 6.79. The molecule has 0 spiro atoms. The number of benzene rings is 4. The van der Waals surface area contributed by atoms with E-state index >= 15 is 0 Å². The number of fused-ring (bicyclic) bond motifs is 1. The van der Waals surface area contributed by atoms with E-state index in [1.807, 2.05) is 37.3 Å². The molecule has 1 aliphatic heterocycles. The quantitative estimate of drug-likeness (QED) is 0.198. The van der Waals surface area contributed by atoms with Gasteiger partial charge in [0.2, 0.25) is 0 Å². The molecule has 1 saturated heterocycles. The van der Waals surface area contributed by atoms with Crippen LogP contribution in [0.4, 0.5) is 10.5 Å². The van der Waals surface area contributed by atoms with Crippen molar-refractivity contribution in [2.75, 3.05) is 11.5 Å². The van der Waals surface area contributed by atoms with Crippen LogP contribution in [-0.2, 0) is 16.2 Å². The molecule has 0 radical (unpaired) electrons. The van der Waals surface area contributed by atoms with E-state index in [0.717, 1.165) is 15.7 Å². The van der Waals surface area contributed by atoms with Gasteiger partial charge < -0.3 is 9.47 Å². The van der Waals surface area contributed by atoms with Gasteiger partial charge >= 0.3 is 6.03 Å². The maximum absolute atomic E-state index is 13.5. The van der Waals surface area contributed by atoms with Gasteiger partial charge in [-0.25, -0.2) is 9.69 Å². The van der Waals surface area contributed by atoms with Gasteiger partial charge in [-0.3, -0.25) is 14.9 Å². The third-order valence-electron chi connectivity index (χ3n) is 6.13. The Morgan fingerprint density at radius 1 is 0.897 bits per heavy atom. The first kappa shape index (κ1) is 26.3. The number of anilines is 1. The molecule has 0 atom stereocenters. The Kier molecular flexibility index (Phi) is 7.54. The van der Waals surface area contributed by atoms with E-state index in [1.54, 1.807) is 48.5 Å². The van der Waals surface area contributed by atoms with Crippen molar-refractivity contribution in [1.29, 1.82) is 0 Å². The lowest BCUT2D eigenvalue weighted by atomic mass is 9.99. The van der Waals surface area contributed by atoms with Crippen molar-refractivity contribution in [3.05, 3.63) is 106 Å². The summed E-state index contributed by atoms with van der Waals surface area (Å²) in [6.07, 6.45) is 1.45. The normalized spacial score (nSPS) is 14.6. The number of nitrogens with zero attached hydrogens (tertiary/aromatic N) is 1. The molecule has 4 amide bonds. The van der Waals surface area contributed by atoms with Crippen molar-refractivity contribution < 1.29 is 23.9 Å². The van der Waals surface area contributed by atoms with Crippen molar-refractivity contribution in [2.45, 2.75) is 13.5 Å². The van der Waals surface area contributed by atoms with Gasteiger partial charge in [0.15, 0.2) is 0 Å². The molecule has 4 aromatic rings. The van der Waals surface area contributed by atoms with Crippen LogP contribution in [-0.4, -0.2) is 24.5 Å². The zero-order valence-corrected chi connectivity index (χ0v) is 22.3. The van der Waals surface area contributed by atoms with Gasteiger partial charge in [-0.05, 0) is 66.2 Å². The highest BCUT2D eigenvalue weighted by Gasteiger charge is 2.37. The fourth-order valence-electron chi connectivity index (χ4n) is 4.24. The molecule has 196 valence electrons. The van der Waals surface area contributed by atoms with Crippen molar-refractivity contribution in [1.82, 2.24) is 5.32 Å². The summed E-state index contributed by atoms with van der Waals surface area (Å²) in [7, 11) is 0. The van der Waals surface area contributed by atoms with Crippen molar-refractivity contribution >= 4 is 63.6 Å². The second-order valence-corrected chi connectivity index (χ2v) is 9.45. The van der Waals surface area contributed by atoms with Crippen molar-refractivity contribution in [3.8, 4) is 11.5 Å². The number of halogens is 2. The lowest BCUT2D eigenvalue weighted by Gasteiger charge is -2.26. The predicted molar refractivity (Wildman–Crippen MR) is 151 cm³/mol. The first-order valence-corrected chi connectivity index (χ1v) is 12.8. The molecule has 9 heteroatoms. The van der Waals surface area contributed by atoms with E-state index in [-0.39, 0.29) is 12.2 Å². The van der Waals surface area contributed by atoms with Crippen LogP contribution in [0.5, 0.6) is 11.5 Å². The molecular formula is C30H22Cl2N2O5. The van der Waals surface area contributed by atoms with Crippen molar-refractivity contribution in [2.24, 2.45) is 0 Å². The van der Waals surface area contributed by atoms with E-state index in [1.165, 1.54) is 6.08 Å². The molecule has 7 nitrogen and oxygen atoms in total. The zero-order chi connectivity index (χ0) is 27.5.